The first-order valence-electron chi connectivity index (χ1n) is 14.5. The average molecular weight is 654 g/mol. The van der Waals surface area contributed by atoms with E-state index in [1.165, 1.54) is 34.9 Å². The Morgan fingerprint density at radius 1 is 0.875 bits per heavy atom. The molecule has 1 atom stereocenters. The number of guanidine groups is 1. The van der Waals surface area contributed by atoms with Crippen molar-refractivity contribution in [2.24, 2.45) is 11.5 Å². The van der Waals surface area contributed by atoms with Crippen molar-refractivity contribution in [1.29, 1.82) is 10.8 Å². The van der Waals surface area contributed by atoms with Crippen LogP contribution in [0.2, 0.25) is 0 Å². The standard InChI is InChI=1S/C32H31N9O7/c1-17-38-25-27(41(17)22(30(44)45)11-6-14-37-31(35)36)39-32(40-28(25)47-21-10-5-7-19(15-21)29(42)43)48-24-16-18(26(33)34)12-13-23(24)46-20-8-3-2-4-9-20/h2-5,7-10,12-13,15-16,22H,6,11,14H2,1H3,(H3,33,34)(H,42,43)(H,44,45)(H4,35,36,37). The molecule has 0 aliphatic rings. The molecular formula is C32H31N9O7. The number of rotatable bonds is 14. The lowest BCUT2D eigenvalue weighted by Crippen LogP contribution is -2.31. The Kier molecular flexibility index (Phi) is 9.64. The van der Waals surface area contributed by atoms with Gasteiger partial charge in [0.25, 0.3) is 5.88 Å². The van der Waals surface area contributed by atoms with Gasteiger partial charge in [-0.2, -0.15) is 9.97 Å². The fourth-order valence-electron chi connectivity index (χ4n) is 4.77. The minimum atomic E-state index is -1.17. The Hall–Kier alpha value is -6.71. The van der Waals surface area contributed by atoms with Crippen molar-refractivity contribution in [1.82, 2.24) is 24.8 Å². The number of nitrogens with zero attached hydrogens (tertiary/aromatic N) is 4. The van der Waals surface area contributed by atoms with E-state index in [2.05, 4.69) is 20.3 Å². The Morgan fingerprint density at radius 2 is 1.62 bits per heavy atom. The highest BCUT2D eigenvalue weighted by atomic mass is 16.5. The monoisotopic (exact) mass is 653 g/mol. The van der Waals surface area contributed by atoms with Crippen LogP contribution in [-0.4, -0.2) is 60.0 Å². The predicted octanol–water partition coefficient (Wildman–Crippen LogP) is 4.38. The predicted molar refractivity (Wildman–Crippen MR) is 173 cm³/mol. The second-order valence-electron chi connectivity index (χ2n) is 10.4. The minimum absolute atomic E-state index is 0.0372. The zero-order chi connectivity index (χ0) is 34.4. The fourth-order valence-corrected chi connectivity index (χ4v) is 4.77. The van der Waals surface area contributed by atoms with Gasteiger partial charge in [-0.15, -0.1) is 0 Å². The first-order valence-corrected chi connectivity index (χ1v) is 14.5. The first kappa shape index (κ1) is 32.7. The van der Waals surface area contributed by atoms with E-state index in [1.807, 2.05) is 6.07 Å². The summed E-state index contributed by atoms with van der Waals surface area (Å²) in [7, 11) is 0. The molecule has 3 aromatic carbocycles. The number of amidine groups is 1. The van der Waals surface area contributed by atoms with Crippen LogP contribution in [0.1, 0.15) is 40.6 Å². The maximum absolute atomic E-state index is 12.5. The number of hydrogen-bond acceptors (Lipinski definition) is 10. The van der Waals surface area contributed by atoms with E-state index in [0.29, 0.717) is 17.7 Å². The van der Waals surface area contributed by atoms with Crippen LogP contribution >= 0.6 is 0 Å². The Morgan fingerprint density at radius 3 is 2.31 bits per heavy atom. The molecule has 1 unspecified atom stereocenters. The van der Waals surface area contributed by atoms with Crippen LogP contribution in [-0.2, 0) is 4.79 Å². The van der Waals surface area contributed by atoms with Gasteiger partial charge in [-0.05, 0) is 68.3 Å². The van der Waals surface area contributed by atoms with Crippen LogP contribution in [0.15, 0.2) is 72.8 Å². The minimum Gasteiger partial charge on any atom is -0.480 e. The molecule has 0 fully saturated rings. The number of aryl methyl sites for hydroxylation is 1. The van der Waals surface area contributed by atoms with Gasteiger partial charge in [-0.3, -0.25) is 15.4 Å². The molecule has 9 N–H and O–H groups in total. The summed E-state index contributed by atoms with van der Waals surface area (Å²) in [4.78, 5) is 37.7. The quantitative estimate of drug-likeness (QED) is 0.0499. The number of aliphatic carboxylic acids is 1. The van der Waals surface area contributed by atoms with Crippen molar-refractivity contribution in [3.63, 3.8) is 0 Å². The maximum Gasteiger partial charge on any atom is 0.335 e. The van der Waals surface area contributed by atoms with Crippen LogP contribution in [0, 0.1) is 17.7 Å². The smallest absolute Gasteiger partial charge is 0.335 e. The Balaban J connectivity index is 1.63. The molecular weight excluding hydrogens is 622 g/mol. The number of hydrogen-bond donors (Lipinski definition) is 7. The van der Waals surface area contributed by atoms with E-state index in [4.69, 9.17) is 36.5 Å². The van der Waals surface area contributed by atoms with E-state index >= 15 is 0 Å². The summed E-state index contributed by atoms with van der Waals surface area (Å²) in [6.45, 7) is 1.86. The molecule has 16 nitrogen and oxygen atoms in total. The van der Waals surface area contributed by atoms with E-state index in [9.17, 15) is 19.8 Å². The van der Waals surface area contributed by atoms with Crippen molar-refractivity contribution < 1.29 is 34.0 Å². The Labute approximate surface area is 272 Å². The van der Waals surface area contributed by atoms with Crippen LogP contribution in [0.4, 0.5) is 0 Å². The molecule has 5 aromatic rings. The normalized spacial score (nSPS) is 11.4. The van der Waals surface area contributed by atoms with Gasteiger partial charge in [0.2, 0.25) is 0 Å². The van der Waals surface area contributed by atoms with Crippen molar-refractivity contribution in [2.45, 2.75) is 25.8 Å². The molecule has 0 aliphatic heterocycles. The molecule has 0 saturated heterocycles. The molecule has 0 saturated carbocycles. The molecule has 0 radical (unpaired) electrons. The second-order valence-corrected chi connectivity index (χ2v) is 10.4. The van der Waals surface area contributed by atoms with Gasteiger partial charge in [-0.1, -0.05) is 24.3 Å². The second kappa shape index (κ2) is 14.2. The van der Waals surface area contributed by atoms with Gasteiger partial charge < -0.3 is 41.2 Å². The van der Waals surface area contributed by atoms with Gasteiger partial charge in [0.15, 0.2) is 28.6 Å². The van der Waals surface area contributed by atoms with Gasteiger partial charge in [0.05, 0.1) is 5.56 Å². The Bertz CT molecular complexity index is 2010. The van der Waals surface area contributed by atoms with Crippen molar-refractivity contribution >= 4 is 34.9 Å². The van der Waals surface area contributed by atoms with Gasteiger partial charge in [0, 0.05) is 12.1 Å². The molecule has 16 heteroatoms. The maximum atomic E-state index is 12.5. The zero-order valence-corrected chi connectivity index (χ0v) is 25.5. The lowest BCUT2D eigenvalue weighted by molar-refractivity contribution is -0.141. The topological polar surface area (TPSA) is 258 Å². The van der Waals surface area contributed by atoms with Crippen LogP contribution in [0.5, 0.6) is 34.9 Å². The molecule has 246 valence electrons. The number of benzene rings is 3. The largest absolute Gasteiger partial charge is 0.480 e. The molecule has 48 heavy (non-hydrogen) atoms. The molecule has 0 amide bonds. The number of aromatic carboxylic acids is 1. The lowest BCUT2D eigenvalue weighted by atomic mass is 10.1. The number of imidazole rings is 1. The third-order valence-electron chi connectivity index (χ3n) is 6.95. The zero-order valence-electron chi connectivity index (χ0n) is 25.5. The number of aromatic nitrogens is 4. The van der Waals surface area contributed by atoms with E-state index < -0.39 is 18.0 Å². The first-order chi connectivity index (χ1) is 23.0. The summed E-state index contributed by atoms with van der Waals surface area (Å²) >= 11 is 0. The van der Waals surface area contributed by atoms with Gasteiger partial charge >= 0.3 is 17.9 Å². The number of nitrogens with two attached hydrogens (primary N) is 2. The number of nitrogen functional groups attached to an aromatic ring is 1. The van der Waals surface area contributed by atoms with Crippen molar-refractivity contribution in [3.8, 4) is 34.9 Å². The third kappa shape index (κ3) is 7.56. The molecule has 0 aliphatic carbocycles. The van der Waals surface area contributed by atoms with Crippen molar-refractivity contribution in [2.75, 3.05) is 6.54 Å². The average Bonchev–Trinajstić information content (AvgIpc) is 3.37. The van der Waals surface area contributed by atoms with Crippen LogP contribution < -0.4 is 31.0 Å². The van der Waals surface area contributed by atoms with Crippen LogP contribution in [0.3, 0.4) is 0 Å². The van der Waals surface area contributed by atoms with E-state index in [0.717, 1.165) is 0 Å². The summed E-state index contributed by atoms with van der Waals surface area (Å²) in [6, 6.07) is 17.8. The van der Waals surface area contributed by atoms with Crippen LogP contribution in [0.25, 0.3) is 11.2 Å². The molecule has 5 rings (SSSR count). The lowest BCUT2D eigenvalue weighted by Gasteiger charge is -2.17. The molecule has 2 aromatic heterocycles. The number of nitrogens with one attached hydrogen (secondary N) is 3. The van der Waals surface area contributed by atoms with Gasteiger partial charge in [0.1, 0.15) is 29.2 Å². The van der Waals surface area contributed by atoms with E-state index in [-0.39, 0.29) is 76.5 Å². The summed E-state index contributed by atoms with van der Waals surface area (Å²) in [5, 5.41) is 37.7. The highest BCUT2D eigenvalue weighted by Crippen LogP contribution is 2.38. The van der Waals surface area contributed by atoms with Gasteiger partial charge in [-0.25, -0.2) is 14.6 Å². The van der Waals surface area contributed by atoms with E-state index in [1.54, 1.807) is 43.3 Å². The summed E-state index contributed by atoms with van der Waals surface area (Å²) in [6.07, 6.45) is 0.460. The van der Waals surface area contributed by atoms with Crippen molar-refractivity contribution in [3.05, 3.63) is 89.7 Å². The summed E-state index contributed by atoms with van der Waals surface area (Å²) in [5.74, 6) is -1.74. The fraction of sp³-hybridized carbons (Fsp3) is 0.156. The number of fused-ring (bicyclic) bond motifs is 1. The number of carboxylic acids is 2. The number of carboxylic acid groups (broad SMARTS) is 2. The summed E-state index contributed by atoms with van der Waals surface area (Å²) in [5.41, 5.74) is 11.5. The number of para-hydroxylation sites is 1. The molecule has 0 bridgehead atoms. The molecule has 2 heterocycles. The molecule has 0 spiro atoms. The highest BCUT2D eigenvalue weighted by molar-refractivity contribution is 5.95. The third-order valence-corrected chi connectivity index (χ3v) is 6.95. The SMILES string of the molecule is Cc1nc2c(Oc3cccc(C(=O)O)c3)nc(Oc3cc(C(=N)N)ccc3Oc3ccccc3)nc2n1C(CCCNC(=N)N)C(=O)O. The highest BCUT2D eigenvalue weighted by Gasteiger charge is 2.28. The summed E-state index contributed by atoms with van der Waals surface area (Å²) < 4.78 is 19.6. The number of ether oxygens (including phenoxy) is 3. The number of carbonyl (C=O) groups is 2.